The third kappa shape index (κ3) is 2.66. The van der Waals surface area contributed by atoms with Gasteiger partial charge in [-0.2, -0.15) is 0 Å². The SMILES string of the molecule is C.CN1CCC23c4c5ccc(CO)c4OC2C(OC(=O)c2ccccc2)=CCC3C1C5. The number of rotatable bonds is 3. The van der Waals surface area contributed by atoms with Gasteiger partial charge in [-0.05, 0) is 62.5 Å². The Hall–Kier alpha value is -2.63. The van der Waals surface area contributed by atoms with Gasteiger partial charge in [0.25, 0.3) is 0 Å². The molecule has 162 valence electrons. The highest BCUT2D eigenvalue weighted by molar-refractivity contribution is 5.90. The zero-order chi connectivity index (χ0) is 20.5. The lowest BCUT2D eigenvalue weighted by atomic mass is 9.53. The van der Waals surface area contributed by atoms with Crippen molar-refractivity contribution in [2.45, 2.75) is 50.9 Å². The summed E-state index contributed by atoms with van der Waals surface area (Å²) in [4.78, 5) is 15.3. The van der Waals surface area contributed by atoms with Crippen molar-refractivity contribution in [2.24, 2.45) is 5.92 Å². The minimum absolute atomic E-state index is 0. The van der Waals surface area contributed by atoms with E-state index in [0.717, 1.165) is 37.1 Å². The van der Waals surface area contributed by atoms with Crippen LogP contribution in [0.1, 0.15) is 47.3 Å². The number of carbonyl (C=O) groups excluding carboxylic acids is 1. The van der Waals surface area contributed by atoms with Gasteiger partial charge in [-0.25, -0.2) is 4.79 Å². The molecule has 2 aliphatic heterocycles. The standard InChI is InChI=1S/C25H25NO4.CH4/c1-26-12-11-25-18-9-10-20(29-24(28)15-5-3-2-4-6-15)23(25)30-22-17(14-27)8-7-16(21(22)25)13-19(18)26;/h2-8,10,18-19,23,27H,9,11-14H2,1H3;1H4. The average molecular weight is 420 g/mol. The number of hydrogen-bond donors (Lipinski definition) is 1. The van der Waals surface area contributed by atoms with Crippen LogP contribution in [-0.4, -0.2) is 41.7 Å². The van der Waals surface area contributed by atoms with E-state index in [2.05, 4.69) is 24.1 Å². The summed E-state index contributed by atoms with van der Waals surface area (Å²) in [5, 5.41) is 9.95. The van der Waals surface area contributed by atoms with Gasteiger partial charge >= 0.3 is 5.97 Å². The Morgan fingerprint density at radius 3 is 2.84 bits per heavy atom. The van der Waals surface area contributed by atoms with Gasteiger partial charge in [-0.15, -0.1) is 0 Å². The summed E-state index contributed by atoms with van der Waals surface area (Å²) >= 11 is 0. The summed E-state index contributed by atoms with van der Waals surface area (Å²) in [7, 11) is 2.21. The second-order valence-corrected chi connectivity index (χ2v) is 8.99. The Morgan fingerprint density at radius 2 is 2.06 bits per heavy atom. The van der Waals surface area contributed by atoms with E-state index in [9.17, 15) is 9.90 Å². The predicted molar refractivity (Wildman–Crippen MR) is 118 cm³/mol. The minimum Gasteiger partial charge on any atom is -0.481 e. The zero-order valence-electron chi connectivity index (χ0n) is 17.0. The Kier molecular flexibility index (Phi) is 4.72. The number of nitrogens with zero attached hydrogens (tertiary/aromatic N) is 1. The minimum atomic E-state index is -0.348. The van der Waals surface area contributed by atoms with Crippen LogP contribution in [-0.2, 0) is 23.2 Å². The second kappa shape index (κ2) is 7.21. The molecule has 2 heterocycles. The summed E-state index contributed by atoms with van der Waals surface area (Å²) in [5.41, 5.74) is 3.74. The molecule has 1 saturated heterocycles. The van der Waals surface area contributed by atoms with E-state index in [1.54, 1.807) is 12.1 Å². The zero-order valence-corrected chi connectivity index (χ0v) is 17.0. The van der Waals surface area contributed by atoms with E-state index in [1.807, 2.05) is 24.3 Å². The Balaban J connectivity index is 0.00000204. The van der Waals surface area contributed by atoms with Crippen LogP contribution < -0.4 is 4.74 Å². The smallest absolute Gasteiger partial charge is 0.343 e. The molecule has 31 heavy (non-hydrogen) atoms. The molecule has 0 aromatic heterocycles. The summed E-state index contributed by atoms with van der Waals surface area (Å²) in [6.07, 6.45) is 4.58. The maximum absolute atomic E-state index is 12.8. The molecule has 1 spiro atoms. The van der Waals surface area contributed by atoms with Crippen LogP contribution in [0.25, 0.3) is 0 Å². The fraction of sp³-hybridized carbons (Fsp3) is 0.423. The molecule has 0 amide bonds. The Labute approximate surface area is 183 Å². The predicted octanol–water partition coefficient (Wildman–Crippen LogP) is 3.83. The topological polar surface area (TPSA) is 59.0 Å². The van der Waals surface area contributed by atoms with Gasteiger partial charge in [0.15, 0.2) is 6.10 Å². The summed E-state index contributed by atoms with van der Waals surface area (Å²) in [6, 6.07) is 13.7. The lowest BCUT2D eigenvalue weighted by molar-refractivity contribution is -0.0271. The third-order valence-corrected chi connectivity index (χ3v) is 7.72. The average Bonchev–Trinajstić information content (AvgIpc) is 3.13. The van der Waals surface area contributed by atoms with Crippen molar-refractivity contribution in [1.82, 2.24) is 4.90 Å². The van der Waals surface area contributed by atoms with Crippen LogP contribution >= 0.6 is 0 Å². The van der Waals surface area contributed by atoms with Crippen molar-refractivity contribution in [3.63, 3.8) is 0 Å². The molecule has 5 heteroatoms. The largest absolute Gasteiger partial charge is 0.481 e. The molecule has 0 radical (unpaired) electrons. The maximum Gasteiger partial charge on any atom is 0.343 e. The molecule has 2 aromatic carbocycles. The van der Waals surface area contributed by atoms with Crippen LogP contribution in [0.3, 0.4) is 0 Å². The summed E-state index contributed by atoms with van der Waals surface area (Å²) in [6.45, 7) is 0.936. The van der Waals surface area contributed by atoms with Gasteiger partial charge < -0.3 is 19.5 Å². The van der Waals surface area contributed by atoms with Gasteiger partial charge in [0.2, 0.25) is 0 Å². The number of esters is 1. The number of likely N-dealkylation sites (tertiary alicyclic amines) is 1. The fourth-order valence-corrected chi connectivity index (χ4v) is 6.35. The summed E-state index contributed by atoms with van der Waals surface area (Å²) in [5.74, 6) is 1.51. The van der Waals surface area contributed by atoms with E-state index >= 15 is 0 Å². The van der Waals surface area contributed by atoms with E-state index < -0.39 is 0 Å². The molecule has 4 aliphatic rings. The molecule has 6 rings (SSSR count). The Morgan fingerprint density at radius 1 is 1.26 bits per heavy atom. The van der Waals surface area contributed by atoms with Gasteiger partial charge in [0.05, 0.1) is 12.2 Å². The number of ether oxygens (including phenoxy) is 2. The number of allylic oxidation sites excluding steroid dienone is 1. The number of carbonyl (C=O) groups is 1. The van der Waals surface area contributed by atoms with Crippen LogP contribution in [0, 0.1) is 5.92 Å². The highest BCUT2D eigenvalue weighted by Gasteiger charge is 2.64. The van der Waals surface area contributed by atoms with Crippen LogP contribution in [0.15, 0.2) is 54.3 Å². The highest BCUT2D eigenvalue weighted by atomic mass is 16.6. The van der Waals surface area contributed by atoms with Crippen molar-refractivity contribution in [3.8, 4) is 5.75 Å². The fourth-order valence-electron chi connectivity index (χ4n) is 6.35. The van der Waals surface area contributed by atoms with Gasteiger partial charge in [0.1, 0.15) is 11.5 Å². The monoisotopic (exact) mass is 419 g/mol. The van der Waals surface area contributed by atoms with Crippen molar-refractivity contribution >= 4 is 5.97 Å². The van der Waals surface area contributed by atoms with Gasteiger partial charge in [-0.1, -0.05) is 37.8 Å². The first kappa shape index (κ1) is 20.3. The number of aliphatic hydroxyl groups excluding tert-OH is 1. The van der Waals surface area contributed by atoms with Gasteiger partial charge in [0, 0.05) is 22.6 Å². The first-order valence-corrected chi connectivity index (χ1v) is 10.7. The highest BCUT2D eigenvalue weighted by Crippen LogP contribution is 2.62. The molecular weight excluding hydrogens is 390 g/mol. The number of benzene rings is 2. The van der Waals surface area contributed by atoms with Gasteiger partial charge in [-0.3, -0.25) is 0 Å². The van der Waals surface area contributed by atoms with Crippen LogP contribution in [0.4, 0.5) is 0 Å². The molecule has 4 atom stereocenters. The molecule has 2 aliphatic carbocycles. The number of piperidine rings is 1. The number of likely N-dealkylation sites (N-methyl/N-ethyl adjacent to an activating group) is 1. The number of aliphatic hydroxyl groups is 1. The molecule has 2 aromatic rings. The summed E-state index contributed by atoms with van der Waals surface area (Å²) < 4.78 is 12.5. The number of hydrogen-bond acceptors (Lipinski definition) is 5. The van der Waals surface area contributed by atoms with E-state index in [0.29, 0.717) is 23.3 Å². The molecule has 1 fully saturated rings. The van der Waals surface area contributed by atoms with Crippen LogP contribution in [0.2, 0.25) is 0 Å². The molecule has 4 unspecified atom stereocenters. The first-order valence-electron chi connectivity index (χ1n) is 10.7. The lowest BCUT2D eigenvalue weighted by Crippen LogP contribution is -2.63. The van der Waals surface area contributed by atoms with E-state index in [4.69, 9.17) is 9.47 Å². The van der Waals surface area contributed by atoms with Crippen molar-refractivity contribution in [3.05, 3.63) is 76.6 Å². The van der Waals surface area contributed by atoms with E-state index in [1.165, 1.54) is 11.1 Å². The molecule has 1 N–H and O–H groups in total. The maximum atomic E-state index is 12.8. The molecule has 2 bridgehead atoms. The molecule has 5 nitrogen and oxygen atoms in total. The third-order valence-electron chi connectivity index (χ3n) is 7.72. The second-order valence-electron chi connectivity index (χ2n) is 8.99. The van der Waals surface area contributed by atoms with Crippen molar-refractivity contribution < 1.29 is 19.4 Å². The molecule has 0 saturated carbocycles. The quantitative estimate of drug-likeness (QED) is 0.766. The van der Waals surface area contributed by atoms with Crippen molar-refractivity contribution in [2.75, 3.05) is 13.6 Å². The Bertz CT molecular complexity index is 1060. The van der Waals surface area contributed by atoms with E-state index in [-0.39, 0.29) is 31.5 Å². The lowest BCUT2D eigenvalue weighted by Gasteiger charge is -2.56. The normalized spacial score (nSPS) is 29.9. The van der Waals surface area contributed by atoms with Crippen LogP contribution in [0.5, 0.6) is 5.75 Å². The molecular formula is C26H29NO4. The van der Waals surface area contributed by atoms with Crippen molar-refractivity contribution in [1.29, 1.82) is 0 Å². The first-order chi connectivity index (χ1) is 14.6.